The summed E-state index contributed by atoms with van der Waals surface area (Å²) in [5.41, 5.74) is 3.23. The molecule has 3 heterocycles. The van der Waals surface area contributed by atoms with Gasteiger partial charge in [-0.25, -0.2) is 0 Å². The molecule has 2 aliphatic heterocycles. The van der Waals surface area contributed by atoms with Crippen LogP contribution in [0.1, 0.15) is 46.9 Å². The molecule has 1 saturated heterocycles. The van der Waals surface area contributed by atoms with E-state index >= 15 is 0 Å². The van der Waals surface area contributed by atoms with E-state index in [4.69, 9.17) is 9.47 Å². The van der Waals surface area contributed by atoms with E-state index in [-0.39, 0.29) is 30.4 Å². The molecule has 1 fully saturated rings. The van der Waals surface area contributed by atoms with Crippen LogP contribution >= 0.6 is 0 Å². The number of methoxy groups -OCH3 is 1. The summed E-state index contributed by atoms with van der Waals surface area (Å²) in [5.74, 6) is 0.224. The molecule has 0 bridgehead atoms. The van der Waals surface area contributed by atoms with Crippen molar-refractivity contribution in [3.05, 3.63) is 101 Å². The quantitative estimate of drug-likeness (QED) is 0.286. The third-order valence-corrected chi connectivity index (χ3v) is 8.34. The molecule has 4 aromatic rings. The van der Waals surface area contributed by atoms with E-state index in [1.165, 1.54) is 0 Å². The number of aliphatic hydroxyl groups is 1. The third-order valence-electron chi connectivity index (χ3n) is 8.34. The summed E-state index contributed by atoms with van der Waals surface area (Å²) in [5, 5.41) is 20.4. The van der Waals surface area contributed by atoms with Crippen molar-refractivity contribution in [1.82, 2.24) is 15.0 Å². The second kappa shape index (κ2) is 12.0. The van der Waals surface area contributed by atoms with Gasteiger partial charge in [0.25, 0.3) is 11.8 Å². The van der Waals surface area contributed by atoms with Crippen LogP contribution in [-0.2, 0) is 34.6 Å². The highest BCUT2D eigenvalue weighted by molar-refractivity contribution is 6.09. The minimum Gasteiger partial charge on any atom is -0.497 e. The Balaban J connectivity index is 1.28. The van der Waals surface area contributed by atoms with Crippen LogP contribution in [0.15, 0.2) is 79.0 Å². The summed E-state index contributed by atoms with van der Waals surface area (Å²) < 4.78 is 13.7. The molecule has 1 aromatic heterocycles. The summed E-state index contributed by atoms with van der Waals surface area (Å²) >= 11 is 0. The number of rotatable bonds is 10. The van der Waals surface area contributed by atoms with Gasteiger partial charge in [0.15, 0.2) is 5.60 Å². The fourth-order valence-electron chi connectivity index (χ4n) is 6.15. The molecule has 2 aliphatic rings. The van der Waals surface area contributed by atoms with Crippen LogP contribution in [0, 0.1) is 5.92 Å². The van der Waals surface area contributed by atoms with Crippen LogP contribution in [0.25, 0.3) is 0 Å². The fraction of sp³-hybridized carbons (Fsp3) is 0.333. The first kappa shape index (κ1) is 28.6. The van der Waals surface area contributed by atoms with Crippen LogP contribution in [-0.4, -0.2) is 51.7 Å². The average molecular weight is 582 g/mol. The Morgan fingerprint density at radius 3 is 2.67 bits per heavy atom. The maximum absolute atomic E-state index is 14.4. The number of fused-ring (bicyclic) bond motifs is 2. The van der Waals surface area contributed by atoms with E-state index in [9.17, 15) is 14.7 Å². The van der Waals surface area contributed by atoms with E-state index < -0.39 is 5.60 Å². The average Bonchev–Trinajstić information content (AvgIpc) is 3.68. The number of ether oxygens (including phenoxy) is 2. The molecule has 10 nitrogen and oxygen atoms in total. The number of aliphatic hydroxyl groups excluding tert-OH is 1. The van der Waals surface area contributed by atoms with Crippen molar-refractivity contribution < 1.29 is 24.2 Å². The first-order chi connectivity index (χ1) is 20.9. The topological polar surface area (TPSA) is 119 Å². The van der Waals surface area contributed by atoms with Crippen molar-refractivity contribution in [2.24, 2.45) is 5.92 Å². The summed E-state index contributed by atoms with van der Waals surface area (Å²) in [6.45, 7) is 3.08. The lowest BCUT2D eigenvalue weighted by molar-refractivity contribution is -0.146. The molecule has 2 N–H and O–H groups in total. The molecule has 3 aromatic carbocycles. The van der Waals surface area contributed by atoms with Crippen molar-refractivity contribution >= 4 is 23.2 Å². The highest BCUT2D eigenvalue weighted by Crippen LogP contribution is 2.54. The second-order valence-electron chi connectivity index (χ2n) is 11.1. The minimum atomic E-state index is -1.17. The van der Waals surface area contributed by atoms with Gasteiger partial charge < -0.3 is 24.8 Å². The van der Waals surface area contributed by atoms with Gasteiger partial charge in [-0.3, -0.25) is 14.3 Å². The molecular weight excluding hydrogens is 546 g/mol. The molecule has 2 amide bonds. The van der Waals surface area contributed by atoms with Gasteiger partial charge in [0.05, 0.1) is 31.1 Å². The number of hydrogen-bond acceptors (Lipinski definition) is 7. The zero-order chi connectivity index (χ0) is 30.0. The predicted molar refractivity (Wildman–Crippen MR) is 161 cm³/mol. The van der Waals surface area contributed by atoms with E-state index in [0.29, 0.717) is 49.4 Å². The number of benzene rings is 3. The number of nitrogens with zero attached hydrogens (tertiary/aromatic N) is 4. The third kappa shape index (κ3) is 5.51. The molecule has 6 rings (SSSR count). The smallest absolute Gasteiger partial charge is 0.264 e. The van der Waals surface area contributed by atoms with Gasteiger partial charge in [-0.2, -0.15) is 0 Å². The van der Waals surface area contributed by atoms with Gasteiger partial charge in [-0.05, 0) is 60.9 Å². The van der Waals surface area contributed by atoms with Crippen LogP contribution in [0.4, 0.5) is 11.4 Å². The van der Waals surface area contributed by atoms with Crippen LogP contribution in [0.5, 0.6) is 5.75 Å². The number of anilines is 2. The number of carbonyl (C=O) groups excluding carboxylic acids is 2. The van der Waals surface area contributed by atoms with Crippen molar-refractivity contribution in [3.63, 3.8) is 0 Å². The monoisotopic (exact) mass is 581 g/mol. The summed E-state index contributed by atoms with van der Waals surface area (Å²) in [4.78, 5) is 29.3. The number of carbonyl (C=O) groups is 2. The molecule has 0 radical (unpaired) electrons. The molecule has 3 atom stereocenters. The predicted octanol–water partition coefficient (Wildman–Crippen LogP) is 4.33. The van der Waals surface area contributed by atoms with Crippen molar-refractivity contribution in [2.75, 3.05) is 23.9 Å². The van der Waals surface area contributed by atoms with Gasteiger partial charge in [-0.1, -0.05) is 42.5 Å². The summed E-state index contributed by atoms with van der Waals surface area (Å²) in [6, 6.07) is 22.4. The van der Waals surface area contributed by atoms with Gasteiger partial charge in [0.2, 0.25) is 0 Å². The zero-order valence-corrected chi connectivity index (χ0v) is 24.3. The first-order valence-electron chi connectivity index (χ1n) is 14.5. The van der Waals surface area contributed by atoms with Crippen LogP contribution in [0.2, 0.25) is 0 Å². The molecule has 0 saturated carbocycles. The Morgan fingerprint density at radius 1 is 1.14 bits per heavy atom. The number of aryl methyl sites for hydroxylation is 1. The maximum atomic E-state index is 14.4. The van der Waals surface area contributed by atoms with Crippen LogP contribution < -0.4 is 15.0 Å². The zero-order valence-electron chi connectivity index (χ0n) is 24.3. The largest absolute Gasteiger partial charge is 0.497 e. The van der Waals surface area contributed by atoms with Crippen molar-refractivity contribution in [3.8, 4) is 5.75 Å². The minimum absolute atomic E-state index is 0.0218. The Hall–Kier alpha value is -4.54. The van der Waals surface area contributed by atoms with Gasteiger partial charge in [0, 0.05) is 48.5 Å². The first-order valence-corrected chi connectivity index (χ1v) is 14.5. The Bertz CT molecular complexity index is 1610. The van der Waals surface area contributed by atoms with Crippen molar-refractivity contribution in [1.29, 1.82) is 0 Å². The van der Waals surface area contributed by atoms with Crippen LogP contribution in [0.3, 0.4) is 0 Å². The number of nitrogens with one attached hydrogen (secondary N) is 1. The lowest BCUT2D eigenvalue weighted by atomic mass is 9.82. The highest BCUT2D eigenvalue weighted by atomic mass is 16.5. The lowest BCUT2D eigenvalue weighted by Crippen LogP contribution is -2.43. The molecule has 0 aliphatic carbocycles. The van der Waals surface area contributed by atoms with Gasteiger partial charge >= 0.3 is 0 Å². The summed E-state index contributed by atoms with van der Waals surface area (Å²) in [7, 11) is 1.58. The molecule has 1 spiro atoms. The lowest BCUT2D eigenvalue weighted by Gasteiger charge is -2.28. The molecular formula is C33H35N5O5. The standard InChI is InChI=1S/C33H35N5O5/c1-22-18-28(14-16-37-21-26(15-17-39)35-36-37)43-33(22)29-19-25(34-31(40)24-8-11-27(42-2)12-9-24)10-13-30(29)38(32(33)41)20-23-6-4-3-5-7-23/h3-13,19,21-22,28,39H,14-18,20H2,1-2H3,(H,34,40)/t22-,28+,33+/m1/s1. The molecule has 222 valence electrons. The molecule has 43 heavy (non-hydrogen) atoms. The highest BCUT2D eigenvalue weighted by Gasteiger charge is 2.60. The number of amides is 2. The van der Waals surface area contributed by atoms with Gasteiger partial charge in [0.1, 0.15) is 5.75 Å². The number of aromatic nitrogens is 3. The number of hydrogen-bond donors (Lipinski definition) is 2. The SMILES string of the molecule is COc1ccc(C(=O)Nc2ccc3c(c2)[C@]2(O[C@@H](CCn4cc(CCO)nn4)C[C@H]2C)C(=O)N3Cc2ccccc2)cc1. The fourth-order valence-corrected chi connectivity index (χ4v) is 6.15. The molecule has 10 heteroatoms. The normalized spacial score (nSPS) is 20.9. The van der Waals surface area contributed by atoms with E-state index in [1.807, 2.05) is 54.7 Å². The Labute approximate surface area is 250 Å². The summed E-state index contributed by atoms with van der Waals surface area (Å²) in [6.07, 6.45) is 3.47. The second-order valence-corrected chi connectivity index (χ2v) is 11.1. The maximum Gasteiger partial charge on any atom is 0.264 e. The Kier molecular flexibility index (Phi) is 7.96. The van der Waals surface area contributed by atoms with E-state index in [1.54, 1.807) is 41.0 Å². The molecule has 0 unspecified atom stereocenters. The Morgan fingerprint density at radius 2 is 1.93 bits per heavy atom. The van der Waals surface area contributed by atoms with E-state index in [2.05, 4.69) is 22.6 Å². The van der Waals surface area contributed by atoms with Crippen molar-refractivity contribution in [2.45, 2.75) is 51.0 Å². The van der Waals surface area contributed by atoms with Gasteiger partial charge in [-0.15, -0.1) is 5.10 Å². The van der Waals surface area contributed by atoms with E-state index in [0.717, 1.165) is 22.5 Å².